The lowest BCUT2D eigenvalue weighted by molar-refractivity contribution is -0.120. The van der Waals surface area contributed by atoms with E-state index in [-0.39, 0.29) is 0 Å². The Balaban J connectivity index is 1.85. The molecule has 0 N–H and O–H groups in total. The van der Waals surface area contributed by atoms with Crippen molar-refractivity contribution in [3.8, 4) is 16.9 Å². The molecule has 3 rings (SSSR count). The molecule has 0 amide bonds. The summed E-state index contributed by atoms with van der Waals surface area (Å²) in [6.07, 6.45) is 5.49. The van der Waals surface area contributed by atoms with E-state index >= 15 is 0 Å². The number of carbonyl (C=O) groups excluding carboxylic acids is 1. The molecular formula is C17H14N2O2. The summed E-state index contributed by atoms with van der Waals surface area (Å²) in [4.78, 5) is 14.6. The lowest BCUT2D eigenvalue weighted by Gasteiger charge is -2.08. The molecule has 3 aromatic rings. The summed E-state index contributed by atoms with van der Waals surface area (Å²) in [5.74, 6) is 0.565. The highest BCUT2D eigenvalue weighted by Crippen LogP contribution is 2.29. The zero-order valence-corrected chi connectivity index (χ0v) is 11.3. The predicted octanol–water partition coefficient (Wildman–Crippen LogP) is 3.13. The van der Waals surface area contributed by atoms with Crippen molar-refractivity contribution in [2.45, 2.75) is 6.54 Å². The second-order valence-corrected chi connectivity index (χ2v) is 4.64. The van der Waals surface area contributed by atoms with Crippen LogP contribution in [0.3, 0.4) is 0 Å². The molecule has 0 radical (unpaired) electrons. The molecule has 2 aromatic carbocycles. The van der Waals surface area contributed by atoms with Crippen LogP contribution in [0.2, 0.25) is 0 Å². The van der Waals surface area contributed by atoms with Crippen molar-refractivity contribution in [3.05, 3.63) is 72.8 Å². The fourth-order valence-electron chi connectivity index (χ4n) is 2.24. The molecule has 4 heteroatoms. The fourth-order valence-corrected chi connectivity index (χ4v) is 2.24. The third-order valence-corrected chi connectivity index (χ3v) is 3.25. The summed E-state index contributed by atoms with van der Waals surface area (Å²) >= 11 is 0. The normalized spacial score (nSPS) is 10.3. The van der Waals surface area contributed by atoms with Crippen LogP contribution in [0.4, 0.5) is 0 Å². The summed E-state index contributed by atoms with van der Waals surface area (Å²) < 4.78 is 7.03. The Kier molecular flexibility index (Phi) is 3.78. The topological polar surface area (TPSA) is 44.1 Å². The van der Waals surface area contributed by atoms with Gasteiger partial charge in [0.25, 0.3) is 6.47 Å². The molecule has 0 bridgehead atoms. The quantitative estimate of drug-likeness (QED) is 0.673. The molecule has 0 aliphatic heterocycles. The molecule has 0 unspecified atom stereocenters. The number of para-hydroxylation sites is 1. The van der Waals surface area contributed by atoms with E-state index < -0.39 is 0 Å². The van der Waals surface area contributed by atoms with Crippen LogP contribution in [0.15, 0.2) is 67.3 Å². The van der Waals surface area contributed by atoms with Crippen molar-refractivity contribution in [2.75, 3.05) is 0 Å². The first kappa shape index (κ1) is 13.1. The van der Waals surface area contributed by atoms with E-state index in [0.717, 1.165) is 17.7 Å². The SMILES string of the molecule is O=COc1ccccc1-c1ccc(Cn2ccnc2)cc1. The maximum Gasteiger partial charge on any atom is 0.298 e. The first-order valence-electron chi connectivity index (χ1n) is 6.61. The van der Waals surface area contributed by atoms with Gasteiger partial charge in [-0.05, 0) is 17.2 Å². The van der Waals surface area contributed by atoms with Crippen LogP contribution in [-0.4, -0.2) is 16.0 Å². The Bertz CT molecular complexity index is 719. The lowest BCUT2D eigenvalue weighted by Crippen LogP contribution is -1.96. The standard InChI is InChI=1S/C17H14N2O2/c20-13-21-17-4-2-1-3-16(17)15-7-5-14(6-8-15)11-19-10-9-18-12-19/h1-10,12-13H,11H2. The Morgan fingerprint density at radius 2 is 1.90 bits per heavy atom. The molecule has 0 aliphatic rings. The van der Waals surface area contributed by atoms with E-state index in [0.29, 0.717) is 12.2 Å². The Hall–Kier alpha value is -2.88. The molecule has 1 aromatic heterocycles. The molecule has 4 nitrogen and oxygen atoms in total. The molecule has 104 valence electrons. The van der Waals surface area contributed by atoms with Gasteiger partial charge in [-0.1, -0.05) is 42.5 Å². The van der Waals surface area contributed by atoms with E-state index in [2.05, 4.69) is 17.1 Å². The number of carbonyl (C=O) groups is 1. The van der Waals surface area contributed by atoms with Gasteiger partial charge in [0.15, 0.2) is 0 Å². The smallest absolute Gasteiger partial charge is 0.298 e. The number of aromatic nitrogens is 2. The molecule has 0 atom stereocenters. The second-order valence-electron chi connectivity index (χ2n) is 4.64. The van der Waals surface area contributed by atoms with Crippen LogP contribution in [0.25, 0.3) is 11.1 Å². The molecule has 1 heterocycles. The van der Waals surface area contributed by atoms with E-state index in [1.54, 1.807) is 18.6 Å². The van der Waals surface area contributed by atoms with Crippen molar-refractivity contribution in [1.29, 1.82) is 0 Å². The van der Waals surface area contributed by atoms with Crippen molar-refractivity contribution in [2.24, 2.45) is 0 Å². The number of benzene rings is 2. The summed E-state index contributed by atoms with van der Waals surface area (Å²) in [5.41, 5.74) is 3.10. The van der Waals surface area contributed by atoms with Gasteiger partial charge in [-0.15, -0.1) is 0 Å². The number of ether oxygens (including phenoxy) is 1. The van der Waals surface area contributed by atoms with Crippen molar-refractivity contribution in [1.82, 2.24) is 9.55 Å². The second kappa shape index (κ2) is 6.05. The van der Waals surface area contributed by atoms with Crippen molar-refractivity contribution < 1.29 is 9.53 Å². The zero-order valence-electron chi connectivity index (χ0n) is 11.3. The van der Waals surface area contributed by atoms with Crippen LogP contribution in [0.1, 0.15) is 5.56 Å². The highest BCUT2D eigenvalue weighted by Gasteiger charge is 2.05. The summed E-state index contributed by atoms with van der Waals surface area (Å²) in [6.45, 7) is 1.24. The van der Waals surface area contributed by atoms with Gasteiger partial charge in [0.1, 0.15) is 5.75 Å². The number of hydrogen-bond acceptors (Lipinski definition) is 3. The van der Waals surface area contributed by atoms with Crippen LogP contribution in [0.5, 0.6) is 5.75 Å². The molecule has 0 saturated carbocycles. The highest BCUT2D eigenvalue weighted by molar-refractivity contribution is 5.72. The Morgan fingerprint density at radius 3 is 2.62 bits per heavy atom. The summed E-state index contributed by atoms with van der Waals surface area (Å²) in [7, 11) is 0. The van der Waals surface area contributed by atoms with Crippen LogP contribution < -0.4 is 4.74 Å². The Morgan fingerprint density at radius 1 is 1.10 bits per heavy atom. The van der Waals surface area contributed by atoms with Crippen LogP contribution in [-0.2, 0) is 11.3 Å². The summed E-state index contributed by atoms with van der Waals surface area (Å²) in [6, 6.07) is 15.7. The van der Waals surface area contributed by atoms with E-state index in [1.807, 2.05) is 41.1 Å². The van der Waals surface area contributed by atoms with Gasteiger partial charge >= 0.3 is 0 Å². The average Bonchev–Trinajstić information content (AvgIpc) is 3.02. The van der Waals surface area contributed by atoms with Crippen LogP contribution in [0, 0.1) is 0 Å². The van der Waals surface area contributed by atoms with Gasteiger partial charge in [-0.25, -0.2) is 4.98 Å². The maximum absolute atomic E-state index is 10.6. The van der Waals surface area contributed by atoms with Gasteiger partial charge in [0, 0.05) is 24.5 Å². The first-order valence-corrected chi connectivity index (χ1v) is 6.61. The van der Waals surface area contributed by atoms with Crippen molar-refractivity contribution in [3.63, 3.8) is 0 Å². The monoisotopic (exact) mass is 278 g/mol. The molecule has 0 saturated heterocycles. The average molecular weight is 278 g/mol. The third kappa shape index (κ3) is 3.00. The third-order valence-electron chi connectivity index (χ3n) is 3.25. The van der Waals surface area contributed by atoms with Gasteiger partial charge in [-0.3, -0.25) is 4.79 Å². The van der Waals surface area contributed by atoms with Crippen LogP contribution >= 0.6 is 0 Å². The molecule has 0 spiro atoms. The van der Waals surface area contributed by atoms with Gasteiger partial charge in [-0.2, -0.15) is 0 Å². The molecule has 0 fully saturated rings. The summed E-state index contributed by atoms with van der Waals surface area (Å²) in [5, 5.41) is 0. The minimum atomic E-state index is 0.451. The number of imidazole rings is 1. The van der Waals surface area contributed by atoms with Gasteiger partial charge in [0.2, 0.25) is 0 Å². The molecule has 0 aliphatic carbocycles. The largest absolute Gasteiger partial charge is 0.428 e. The van der Waals surface area contributed by atoms with E-state index in [4.69, 9.17) is 4.74 Å². The maximum atomic E-state index is 10.6. The van der Waals surface area contributed by atoms with E-state index in [9.17, 15) is 4.79 Å². The number of rotatable bonds is 5. The highest BCUT2D eigenvalue weighted by atomic mass is 16.5. The van der Waals surface area contributed by atoms with Gasteiger partial charge < -0.3 is 9.30 Å². The zero-order chi connectivity index (χ0) is 14.5. The number of nitrogens with zero attached hydrogens (tertiary/aromatic N) is 2. The van der Waals surface area contributed by atoms with E-state index in [1.165, 1.54) is 5.56 Å². The Labute approximate surface area is 122 Å². The fraction of sp³-hybridized carbons (Fsp3) is 0.0588. The number of hydrogen-bond donors (Lipinski definition) is 0. The van der Waals surface area contributed by atoms with Crippen molar-refractivity contribution >= 4 is 6.47 Å². The first-order chi connectivity index (χ1) is 10.4. The molecule has 21 heavy (non-hydrogen) atoms. The van der Waals surface area contributed by atoms with Gasteiger partial charge in [0.05, 0.1) is 6.33 Å². The minimum absolute atomic E-state index is 0.451. The lowest BCUT2D eigenvalue weighted by atomic mass is 10.0. The minimum Gasteiger partial charge on any atom is -0.428 e. The molecular weight excluding hydrogens is 264 g/mol. The predicted molar refractivity (Wildman–Crippen MR) is 79.9 cm³/mol.